The predicted molar refractivity (Wildman–Crippen MR) is 70.3 cm³/mol. The van der Waals surface area contributed by atoms with Crippen LogP contribution in [0.5, 0.6) is 0 Å². The average Bonchev–Trinajstić information content (AvgIpc) is 2.29. The molecule has 1 saturated heterocycles. The zero-order valence-corrected chi connectivity index (χ0v) is 11.8. The molecule has 1 amide bonds. The van der Waals surface area contributed by atoms with Gasteiger partial charge in [0.05, 0.1) is 5.02 Å². The van der Waals surface area contributed by atoms with Crippen molar-refractivity contribution in [3.05, 3.63) is 27.5 Å². The molecule has 1 aromatic rings. The van der Waals surface area contributed by atoms with E-state index in [4.69, 9.17) is 11.6 Å². The Labute approximate surface area is 114 Å². The van der Waals surface area contributed by atoms with Gasteiger partial charge in [-0.3, -0.25) is 4.79 Å². The summed E-state index contributed by atoms with van der Waals surface area (Å²) in [6.45, 7) is 3.23. The second-order valence-corrected chi connectivity index (χ2v) is 5.40. The monoisotopic (exact) mass is 317 g/mol. The summed E-state index contributed by atoms with van der Waals surface area (Å²) in [5.74, 6) is -0.0874. The summed E-state index contributed by atoms with van der Waals surface area (Å²) in [7, 11) is 2.05. The van der Waals surface area contributed by atoms with Gasteiger partial charge in [-0.1, -0.05) is 11.6 Å². The molecule has 0 N–H and O–H groups in total. The molecule has 0 bridgehead atoms. The second-order valence-electron chi connectivity index (χ2n) is 4.08. The van der Waals surface area contributed by atoms with Crippen LogP contribution < -0.4 is 0 Å². The van der Waals surface area contributed by atoms with Crippen LogP contribution in [0.2, 0.25) is 5.02 Å². The normalized spacial score (nSPS) is 17.2. The number of piperazine rings is 1. The highest BCUT2D eigenvalue weighted by atomic mass is 79.9. The van der Waals surface area contributed by atoms with Crippen LogP contribution in [0.3, 0.4) is 0 Å². The minimum absolute atomic E-state index is 0.0874. The van der Waals surface area contributed by atoms with Crippen LogP contribution in [-0.2, 0) is 0 Å². The summed E-state index contributed by atoms with van der Waals surface area (Å²) >= 11 is 9.29. The first-order valence-electron chi connectivity index (χ1n) is 5.37. The summed E-state index contributed by atoms with van der Waals surface area (Å²) < 4.78 is 0.775. The summed E-state index contributed by atoms with van der Waals surface area (Å²) in [4.78, 5) is 20.3. The number of nitrogens with zero attached hydrogens (tertiary/aromatic N) is 3. The fourth-order valence-electron chi connectivity index (χ4n) is 1.73. The van der Waals surface area contributed by atoms with Crippen LogP contribution >= 0.6 is 27.5 Å². The van der Waals surface area contributed by atoms with E-state index in [9.17, 15) is 4.79 Å². The topological polar surface area (TPSA) is 36.4 Å². The number of carbonyl (C=O) groups is 1. The highest BCUT2D eigenvalue weighted by Gasteiger charge is 2.23. The number of pyridine rings is 1. The lowest BCUT2D eigenvalue weighted by Gasteiger charge is -2.32. The van der Waals surface area contributed by atoms with Crippen LogP contribution in [0.15, 0.2) is 16.7 Å². The van der Waals surface area contributed by atoms with Crippen LogP contribution in [-0.4, -0.2) is 53.9 Å². The molecule has 0 saturated carbocycles. The van der Waals surface area contributed by atoms with E-state index in [1.54, 1.807) is 17.2 Å². The number of aromatic nitrogens is 1. The van der Waals surface area contributed by atoms with Crippen molar-refractivity contribution in [2.24, 2.45) is 0 Å². The van der Waals surface area contributed by atoms with Crippen LogP contribution in [0.1, 0.15) is 10.5 Å². The van der Waals surface area contributed by atoms with Gasteiger partial charge in [-0.15, -0.1) is 0 Å². The molecule has 2 heterocycles. The van der Waals surface area contributed by atoms with Crippen molar-refractivity contribution >= 4 is 33.4 Å². The van der Waals surface area contributed by atoms with Gasteiger partial charge in [-0.25, -0.2) is 4.98 Å². The van der Waals surface area contributed by atoms with Gasteiger partial charge < -0.3 is 9.80 Å². The second kappa shape index (κ2) is 5.33. The molecule has 1 aliphatic rings. The largest absolute Gasteiger partial charge is 0.335 e. The van der Waals surface area contributed by atoms with Crippen molar-refractivity contribution in [3.63, 3.8) is 0 Å². The van der Waals surface area contributed by atoms with Gasteiger partial charge in [0.15, 0.2) is 0 Å². The molecule has 0 aliphatic carbocycles. The molecule has 92 valence electrons. The average molecular weight is 319 g/mol. The Morgan fingerprint density at radius 1 is 1.41 bits per heavy atom. The van der Waals surface area contributed by atoms with Crippen molar-refractivity contribution in [2.75, 3.05) is 33.2 Å². The molecular weight excluding hydrogens is 305 g/mol. The lowest BCUT2D eigenvalue weighted by Crippen LogP contribution is -2.47. The first-order chi connectivity index (χ1) is 8.08. The number of carbonyl (C=O) groups excluding carboxylic acids is 1. The molecule has 1 aromatic heterocycles. The van der Waals surface area contributed by atoms with Crippen molar-refractivity contribution in [1.29, 1.82) is 0 Å². The maximum Gasteiger partial charge on any atom is 0.274 e. The molecular formula is C11H13BrClN3O. The van der Waals surface area contributed by atoms with Crippen LogP contribution in [0.25, 0.3) is 0 Å². The molecule has 0 radical (unpaired) electrons. The van der Waals surface area contributed by atoms with Gasteiger partial charge in [0.1, 0.15) is 5.69 Å². The summed E-state index contributed by atoms with van der Waals surface area (Å²) in [5.41, 5.74) is 0.333. The van der Waals surface area contributed by atoms with E-state index in [1.807, 2.05) is 7.05 Å². The molecule has 2 rings (SSSR count). The third-order valence-corrected chi connectivity index (χ3v) is 3.52. The minimum atomic E-state index is -0.0874. The number of hydrogen-bond acceptors (Lipinski definition) is 3. The van der Waals surface area contributed by atoms with E-state index in [0.717, 1.165) is 30.7 Å². The molecule has 6 heteroatoms. The van der Waals surface area contributed by atoms with Gasteiger partial charge in [-0.2, -0.15) is 0 Å². The van der Waals surface area contributed by atoms with E-state index >= 15 is 0 Å². The molecule has 1 aliphatic heterocycles. The Bertz CT molecular complexity index is 433. The van der Waals surface area contributed by atoms with E-state index in [2.05, 4.69) is 25.8 Å². The molecule has 1 fully saturated rings. The summed E-state index contributed by atoms with van der Waals surface area (Å²) in [5, 5.41) is 0.392. The zero-order valence-electron chi connectivity index (χ0n) is 9.49. The predicted octanol–water partition coefficient (Wildman–Crippen LogP) is 1.89. The highest BCUT2D eigenvalue weighted by molar-refractivity contribution is 9.10. The first-order valence-corrected chi connectivity index (χ1v) is 6.54. The molecule has 4 nitrogen and oxygen atoms in total. The lowest BCUT2D eigenvalue weighted by atomic mass is 10.2. The van der Waals surface area contributed by atoms with E-state index in [1.165, 1.54) is 0 Å². The molecule has 0 atom stereocenters. The van der Waals surface area contributed by atoms with Gasteiger partial charge in [0, 0.05) is 36.8 Å². The number of halogens is 2. The maximum absolute atomic E-state index is 12.2. The molecule has 0 unspecified atom stereocenters. The van der Waals surface area contributed by atoms with E-state index < -0.39 is 0 Å². The Morgan fingerprint density at radius 3 is 2.65 bits per heavy atom. The first kappa shape index (κ1) is 12.8. The fourth-order valence-corrected chi connectivity index (χ4v) is 2.44. The van der Waals surface area contributed by atoms with Crippen molar-refractivity contribution in [1.82, 2.24) is 14.8 Å². The SMILES string of the molecule is CN1CCN(C(=O)c2ncc(Br)cc2Cl)CC1. The Balaban J connectivity index is 2.14. The lowest BCUT2D eigenvalue weighted by molar-refractivity contribution is 0.0658. The van der Waals surface area contributed by atoms with Crippen molar-refractivity contribution < 1.29 is 4.79 Å². The minimum Gasteiger partial charge on any atom is -0.335 e. The van der Waals surface area contributed by atoms with Crippen molar-refractivity contribution in [2.45, 2.75) is 0 Å². The molecule has 0 aromatic carbocycles. The Kier molecular flexibility index (Phi) is 4.01. The highest BCUT2D eigenvalue weighted by Crippen LogP contribution is 2.20. The van der Waals surface area contributed by atoms with Crippen LogP contribution in [0.4, 0.5) is 0 Å². The number of hydrogen-bond donors (Lipinski definition) is 0. The zero-order chi connectivity index (χ0) is 12.4. The van der Waals surface area contributed by atoms with Gasteiger partial charge in [0.25, 0.3) is 5.91 Å². The summed E-state index contributed by atoms with van der Waals surface area (Å²) in [6.07, 6.45) is 1.59. The van der Waals surface area contributed by atoms with Gasteiger partial charge >= 0.3 is 0 Å². The number of rotatable bonds is 1. The van der Waals surface area contributed by atoms with Gasteiger partial charge in [0.2, 0.25) is 0 Å². The molecule has 0 spiro atoms. The standard InChI is InChI=1S/C11H13BrClN3O/c1-15-2-4-16(5-3-15)11(17)10-9(13)6-8(12)7-14-10/h6-7H,2-5H2,1H3. The van der Waals surface area contributed by atoms with Crippen LogP contribution in [0, 0.1) is 0 Å². The maximum atomic E-state index is 12.2. The van der Waals surface area contributed by atoms with Gasteiger partial charge in [-0.05, 0) is 29.0 Å². The number of likely N-dealkylation sites (N-methyl/N-ethyl adjacent to an activating group) is 1. The third kappa shape index (κ3) is 2.97. The van der Waals surface area contributed by atoms with Crippen molar-refractivity contribution in [3.8, 4) is 0 Å². The Hall–Kier alpha value is -0.650. The molecule has 17 heavy (non-hydrogen) atoms. The third-order valence-electron chi connectivity index (χ3n) is 2.80. The number of amides is 1. The van der Waals surface area contributed by atoms with E-state index in [-0.39, 0.29) is 5.91 Å². The smallest absolute Gasteiger partial charge is 0.274 e. The van der Waals surface area contributed by atoms with E-state index in [0.29, 0.717) is 10.7 Å². The quantitative estimate of drug-likeness (QED) is 0.793. The Morgan fingerprint density at radius 2 is 2.06 bits per heavy atom. The fraction of sp³-hybridized carbons (Fsp3) is 0.455. The summed E-state index contributed by atoms with van der Waals surface area (Å²) in [6, 6.07) is 1.69.